The van der Waals surface area contributed by atoms with Gasteiger partial charge < -0.3 is 9.67 Å². The predicted molar refractivity (Wildman–Crippen MR) is 72.7 cm³/mol. The topological polar surface area (TPSA) is 59.3 Å². The van der Waals surface area contributed by atoms with E-state index in [-0.39, 0.29) is 17.5 Å². The minimum absolute atomic E-state index is 0.0810. The van der Waals surface area contributed by atoms with Crippen molar-refractivity contribution in [3.8, 4) is 0 Å². The van der Waals surface area contributed by atoms with E-state index in [0.29, 0.717) is 11.5 Å². The van der Waals surface area contributed by atoms with E-state index in [1.54, 1.807) is 6.20 Å². The first-order chi connectivity index (χ1) is 9.00. The number of hydrogen-bond donors (Lipinski definition) is 1. The molecule has 0 amide bonds. The molecular formula is C15H21NO3. The summed E-state index contributed by atoms with van der Waals surface area (Å²) in [4.78, 5) is 22.8. The molecule has 1 fully saturated rings. The Bertz CT molecular complexity index is 490. The standard InChI is InChI=1S/C15H21NO3/c1-10-6-4-3-5-7-13(10)16-9-12(11(2)17)8-14(16)15(18)19/h8-10,13H,3-7H2,1-2H3,(H,18,19). The van der Waals surface area contributed by atoms with E-state index >= 15 is 0 Å². The van der Waals surface area contributed by atoms with Gasteiger partial charge in [0.05, 0.1) is 0 Å². The fourth-order valence-corrected chi connectivity index (χ4v) is 3.00. The molecular weight excluding hydrogens is 242 g/mol. The second-order valence-corrected chi connectivity index (χ2v) is 5.57. The molecule has 1 aromatic rings. The Balaban J connectivity index is 2.41. The Labute approximate surface area is 113 Å². The number of carbonyl (C=O) groups excluding carboxylic acids is 1. The summed E-state index contributed by atoms with van der Waals surface area (Å²) in [5.74, 6) is -0.584. The van der Waals surface area contributed by atoms with Crippen LogP contribution < -0.4 is 0 Å². The highest BCUT2D eigenvalue weighted by atomic mass is 16.4. The van der Waals surface area contributed by atoms with Gasteiger partial charge in [-0.1, -0.05) is 26.2 Å². The van der Waals surface area contributed by atoms with Gasteiger partial charge in [-0.15, -0.1) is 0 Å². The molecule has 1 aliphatic rings. The van der Waals surface area contributed by atoms with E-state index in [0.717, 1.165) is 19.3 Å². The van der Waals surface area contributed by atoms with Crippen molar-refractivity contribution < 1.29 is 14.7 Å². The van der Waals surface area contributed by atoms with Crippen molar-refractivity contribution in [2.24, 2.45) is 5.92 Å². The van der Waals surface area contributed by atoms with E-state index < -0.39 is 5.97 Å². The van der Waals surface area contributed by atoms with Gasteiger partial charge in [0.1, 0.15) is 5.69 Å². The number of carbonyl (C=O) groups is 2. The summed E-state index contributed by atoms with van der Waals surface area (Å²) in [6.07, 6.45) is 7.38. The van der Waals surface area contributed by atoms with Crippen LogP contribution in [-0.4, -0.2) is 21.4 Å². The van der Waals surface area contributed by atoms with Crippen LogP contribution in [0.15, 0.2) is 12.3 Å². The number of ketones is 1. The smallest absolute Gasteiger partial charge is 0.352 e. The highest BCUT2D eigenvalue weighted by Crippen LogP contribution is 2.34. The Morgan fingerprint density at radius 1 is 1.26 bits per heavy atom. The number of hydrogen-bond acceptors (Lipinski definition) is 2. The first kappa shape index (κ1) is 13.8. The Morgan fingerprint density at radius 3 is 2.58 bits per heavy atom. The molecule has 0 radical (unpaired) electrons. The van der Waals surface area contributed by atoms with Crippen molar-refractivity contribution in [3.63, 3.8) is 0 Å². The molecule has 1 aromatic heterocycles. The van der Waals surface area contributed by atoms with Crippen LogP contribution in [0.2, 0.25) is 0 Å². The molecule has 4 heteroatoms. The van der Waals surface area contributed by atoms with Gasteiger partial charge in [-0.2, -0.15) is 0 Å². The van der Waals surface area contributed by atoms with Crippen molar-refractivity contribution >= 4 is 11.8 Å². The van der Waals surface area contributed by atoms with E-state index in [2.05, 4.69) is 6.92 Å². The highest BCUT2D eigenvalue weighted by molar-refractivity contribution is 5.97. The van der Waals surface area contributed by atoms with Crippen molar-refractivity contribution in [1.29, 1.82) is 0 Å². The van der Waals surface area contributed by atoms with Gasteiger partial charge in [0.2, 0.25) is 0 Å². The minimum atomic E-state index is -0.955. The van der Waals surface area contributed by atoms with Crippen LogP contribution in [0.4, 0.5) is 0 Å². The van der Waals surface area contributed by atoms with E-state index in [1.807, 2.05) is 4.57 Å². The highest BCUT2D eigenvalue weighted by Gasteiger charge is 2.26. The van der Waals surface area contributed by atoms with Crippen LogP contribution in [0.25, 0.3) is 0 Å². The monoisotopic (exact) mass is 263 g/mol. The summed E-state index contributed by atoms with van der Waals surface area (Å²) in [5, 5.41) is 9.32. The maximum absolute atomic E-state index is 11.5. The van der Waals surface area contributed by atoms with Crippen LogP contribution in [0.3, 0.4) is 0 Å². The molecule has 1 heterocycles. The number of aromatic nitrogens is 1. The molecule has 0 aromatic carbocycles. The van der Waals surface area contributed by atoms with Crippen molar-refractivity contribution in [2.45, 2.75) is 52.0 Å². The van der Waals surface area contributed by atoms with Gasteiger partial charge in [0.25, 0.3) is 0 Å². The Kier molecular flexibility index (Phi) is 4.08. The molecule has 0 spiro atoms. The summed E-state index contributed by atoms with van der Waals surface area (Å²) in [6, 6.07) is 1.70. The van der Waals surface area contributed by atoms with Crippen LogP contribution >= 0.6 is 0 Å². The molecule has 1 aliphatic carbocycles. The molecule has 19 heavy (non-hydrogen) atoms. The van der Waals surface area contributed by atoms with Crippen molar-refractivity contribution in [1.82, 2.24) is 4.57 Å². The third-order valence-corrected chi connectivity index (χ3v) is 4.15. The summed E-state index contributed by atoms with van der Waals surface area (Å²) in [6.45, 7) is 3.65. The number of Topliss-reactive ketones (excluding diaryl/α,β-unsaturated/α-hetero) is 1. The largest absolute Gasteiger partial charge is 0.477 e. The van der Waals surface area contributed by atoms with Gasteiger partial charge in [-0.05, 0) is 31.7 Å². The van der Waals surface area contributed by atoms with E-state index in [4.69, 9.17) is 0 Å². The lowest BCUT2D eigenvalue weighted by Crippen LogP contribution is -2.19. The Hall–Kier alpha value is -1.58. The summed E-state index contributed by atoms with van der Waals surface area (Å²) in [5.41, 5.74) is 0.734. The lowest BCUT2D eigenvalue weighted by molar-refractivity contribution is 0.0680. The average Bonchev–Trinajstić information content (AvgIpc) is 2.68. The van der Waals surface area contributed by atoms with Gasteiger partial charge in [0, 0.05) is 17.8 Å². The van der Waals surface area contributed by atoms with Crippen LogP contribution in [0, 0.1) is 5.92 Å². The van der Waals surface area contributed by atoms with Crippen molar-refractivity contribution in [2.75, 3.05) is 0 Å². The second kappa shape index (κ2) is 5.59. The molecule has 0 bridgehead atoms. The summed E-state index contributed by atoms with van der Waals surface area (Å²) < 4.78 is 1.81. The molecule has 2 rings (SSSR count). The fraction of sp³-hybridized carbons (Fsp3) is 0.600. The molecule has 1 saturated carbocycles. The number of rotatable bonds is 3. The molecule has 0 saturated heterocycles. The third-order valence-electron chi connectivity index (χ3n) is 4.15. The number of carboxylic acid groups (broad SMARTS) is 1. The van der Waals surface area contributed by atoms with Crippen LogP contribution in [-0.2, 0) is 0 Å². The summed E-state index contributed by atoms with van der Waals surface area (Å²) in [7, 11) is 0. The number of aromatic carboxylic acids is 1. The first-order valence-corrected chi connectivity index (χ1v) is 6.97. The molecule has 2 atom stereocenters. The predicted octanol–water partition coefficient (Wildman–Crippen LogP) is 3.53. The molecule has 1 N–H and O–H groups in total. The normalized spacial score (nSPS) is 23.9. The van der Waals surface area contributed by atoms with E-state index in [9.17, 15) is 14.7 Å². The quantitative estimate of drug-likeness (QED) is 0.670. The number of nitrogens with zero attached hydrogens (tertiary/aromatic N) is 1. The third kappa shape index (κ3) is 2.88. The molecule has 0 aliphatic heterocycles. The Morgan fingerprint density at radius 2 is 1.95 bits per heavy atom. The minimum Gasteiger partial charge on any atom is -0.477 e. The van der Waals surface area contributed by atoms with Gasteiger partial charge in [-0.3, -0.25) is 4.79 Å². The van der Waals surface area contributed by atoms with Crippen LogP contribution in [0.5, 0.6) is 0 Å². The first-order valence-electron chi connectivity index (χ1n) is 6.97. The maximum atomic E-state index is 11.5. The zero-order valence-corrected chi connectivity index (χ0v) is 11.6. The fourth-order valence-electron chi connectivity index (χ4n) is 3.00. The number of carboxylic acids is 1. The summed E-state index contributed by atoms with van der Waals surface area (Å²) >= 11 is 0. The van der Waals surface area contributed by atoms with E-state index in [1.165, 1.54) is 25.8 Å². The van der Waals surface area contributed by atoms with Gasteiger partial charge in [0.15, 0.2) is 5.78 Å². The lowest BCUT2D eigenvalue weighted by atomic mass is 9.96. The maximum Gasteiger partial charge on any atom is 0.352 e. The van der Waals surface area contributed by atoms with Crippen LogP contribution in [0.1, 0.15) is 72.8 Å². The molecule has 104 valence electrons. The average molecular weight is 263 g/mol. The molecule has 4 nitrogen and oxygen atoms in total. The van der Waals surface area contributed by atoms with Gasteiger partial charge in [-0.25, -0.2) is 4.79 Å². The molecule has 2 unspecified atom stereocenters. The zero-order valence-electron chi connectivity index (χ0n) is 11.6. The second-order valence-electron chi connectivity index (χ2n) is 5.57. The lowest BCUT2D eigenvalue weighted by Gasteiger charge is -2.24. The van der Waals surface area contributed by atoms with Gasteiger partial charge >= 0.3 is 5.97 Å². The van der Waals surface area contributed by atoms with Crippen molar-refractivity contribution in [3.05, 3.63) is 23.5 Å². The zero-order chi connectivity index (χ0) is 14.0. The SMILES string of the molecule is CC(=O)c1cc(C(=O)O)n(C2CCCCCC2C)c1.